The van der Waals surface area contributed by atoms with Crippen molar-refractivity contribution in [3.05, 3.63) is 12.2 Å². The average molecular weight is 527 g/mol. The van der Waals surface area contributed by atoms with Crippen molar-refractivity contribution in [1.29, 1.82) is 0 Å². The van der Waals surface area contributed by atoms with Gasteiger partial charge in [-0.15, -0.1) is 0 Å². The normalized spacial score (nSPS) is 45.9. The summed E-state index contributed by atoms with van der Waals surface area (Å²) in [5.74, 6) is 2.53. The van der Waals surface area contributed by atoms with Crippen LogP contribution < -0.4 is 0 Å². The molecule has 0 aliphatic heterocycles. The van der Waals surface area contributed by atoms with Crippen molar-refractivity contribution in [2.24, 2.45) is 50.7 Å². The van der Waals surface area contributed by atoms with Gasteiger partial charge < -0.3 is 9.47 Å². The summed E-state index contributed by atoms with van der Waals surface area (Å²) in [6, 6.07) is 0. The van der Waals surface area contributed by atoms with E-state index in [-0.39, 0.29) is 29.6 Å². The summed E-state index contributed by atoms with van der Waals surface area (Å²) in [6.45, 7) is 21.7. The van der Waals surface area contributed by atoms with Gasteiger partial charge in [-0.05, 0) is 128 Å². The molecule has 10 atom stereocenters. The number of hydrogen-bond acceptors (Lipinski definition) is 4. The first-order chi connectivity index (χ1) is 17.6. The molecule has 214 valence electrons. The van der Waals surface area contributed by atoms with E-state index in [1.54, 1.807) is 6.92 Å². The minimum atomic E-state index is -0.206. The number of carbonyl (C=O) groups is 2. The zero-order valence-corrected chi connectivity index (χ0v) is 25.6. The quantitative estimate of drug-likeness (QED) is 0.247. The summed E-state index contributed by atoms with van der Waals surface area (Å²) in [5, 5.41) is 0. The van der Waals surface area contributed by atoms with Gasteiger partial charge in [0.05, 0.1) is 0 Å². The van der Waals surface area contributed by atoms with Gasteiger partial charge in [0.15, 0.2) is 0 Å². The summed E-state index contributed by atoms with van der Waals surface area (Å²) < 4.78 is 11.5. The lowest BCUT2D eigenvalue weighted by molar-refractivity contribution is -0.181. The number of rotatable bonds is 7. The van der Waals surface area contributed by atoms with Crippen molar-refractivity contribution < 1.29 is 19.1 Å². The van der Waals surface area contributed by atoms with Crippen LogP contribution in [0.15, 0.2) is 12.2 Å². The highest BCUT2D eigenvalue weighted by molar-refractivity contribution is 5.66. The second kappa shape index (κ2) is 9.10. The van der Waals surface area contributed by atoms with Gasteiger partial charge in [-0.1, -0.05) is 41.2 Å². The SMILES string of the molecule is C=C(C)[C@H](CC[C@@H](C)[C@H]1CC[C@@]2(C)[C@@H]3CC[C@H]4C(C)(C)[C@@H](OC(C)=O)CC[C@@]45C[C@@]35CC[C@]12C)OC(C)=O. The first-order valence-electron chi connectivity index (χ1n) is 15.6. The van der Waals surface area contributed by atoms with Crippen LogP contribution in [0.3, 0.4) is 0 Å². The van der Waals surface area contributed by atoms with Gasteiger partial charge in [0.2, 0.25) is 0 Å². The Morgan fingerprint density at radius 3 is 2.11 bits per heavy atom. The second-order valence-electron chi connectivity index (χ2n) is 15.6. The molecule has 0 radical (unpaired) electrons. The Bertz CT molecular complexity index is 998. The zero-order valence-electron chi connectivity index (χ0n) is 25.6. The molecule has 5 fully saturated rings. The van der Waals surface area contributed by atoms with E-state index in [1.165, 1.54) is 58.3 Å². The lowest BCUT2D eigenvalue weighted by Gasteiger charge is -2.63. The van der Waals surface area contributed by atoms with Crippen molar-refractivity contribution in [2.45, 2.75) is 138 Å². The van der Waals surface area contributed by atoms with Crippen molar-refractivity contribution in [3.8, 4) is 0 Å². The van der Waals surface area contributed by atoms with Crippen LogP contribution in [-0.2, 0) is 19.1 Å². The summed E-state index contributed by atoms with van der Waals surface area (Å²) in [7, 11) is 0. The molecule has 5 aliphatic carbocycles. The molecule has 2 spiro atoms. The summed E-state index contributed by atoms with van der Waals surface area (Å²) in [6.07, 6.45) is 13.7. The molecule has 0 aromatic carbocycles. The van der Waals surface area contributed by atoms with E-state index in [9.17, 15) is 9.59 Å². The zero-order chi connectivity index (χ0) is 27.9. The molecule has 0 bridgehead atoms. The molecule has 0 aromatic heterocycles. The lowest BCUT2D eigenvalue weighted by Crippen LogP contribution is -2.58. The highest BCUT2D eigenvalue weighted by Crippen LogP contribution is 2.89. The van der Waals surface area contributed by atoms with Crippen molar-refractivity contribution in [1.82, 2.24) is 0 Å². The molecule has 0 amide bonds. The van der Waals surface area contributed by atoms with Crippen molar-refractivity contribution >= 4 is 11.9 Å². The van der Waals surface area contributed by atoms with Crippen LogP contribution in [0, 0.1) is 50.7 Å². The molecule has 0 unspecified atom stereocenters. The lowest BCUT2D eigenvalue weighted by atomic mass is 9.41. The number of ether oxygens (including phenoxy) is 2. The third-order valence-electron chi connectivity index (χ3n) is 13.9. The van der Waals surface area contributed by atoms with Gasteiger partial charge in [0, 0.05) is 19.3 Å². The highest BCUT2D eigenvalue weighted by atomic mass is 16.5. The first kappa shape index (κ1) is 28.2. The van der Waals surface area contributed by atoms with Crippen LogP contribution in [-0.4, -0.2) is 24.1 Å². The molecule has 5 rings (SSSR count). The Balaban J connectivity index is 1.34. The van der Waals surface area contributed by atoms with Crippen molar-refractivity contribution in [2.75, 3.05) is 0 Å². The Labute approximate surface area is 232 Å². The van der Waals surface area contributed by atoms with Gasteiger partial charge in [-0.25, -0.2) is 0 Å². The Hall–Kier alpha value is -1.32. The van der Waals surface area contributed by atoms with E-state index in [2.05, 4.69) is 41.2 Å². The third kappa shape index (κ3) is 3.80. The topological polar surface area (TPSA) is 52.6 Å². The molecule has 0 N–H and O–H groups in total. The maximum Gasteiger partial charge on any atom is 0.303 e. The van der Waals surface area contributed by atoms with Crippen molar-refractivity contribution in [3.63, 3.8) is 0 Å². The molecule has 4 nitrogen and oxygen atoms in total. The maximum absolute atomic E-state index is 11.9. The van der Waals surface area contributed by atoms with E-state index in [4.69, 9.17) is 9.47 Å². The molecule has 0 heterocycles. The van der Waals surface area contributed by atoms with E-state index < -0.39 is 0 Å². The van der Waals surface area contributed by atoms with E-state index in [1.807, 2.05) is 6.92 Å². The second-order valence-corrected chi connectivity index (χ2v) is 15.6. The molecular formula is C34H54O4. The summed E-state index contributed by atoms with van der Waals surface area (Å²) in [5.41, 5.74) is 2.79. The Kier molecular flexibility index (Phi) is 6.76. The van der Waals surface area contributed by atoms with E-state index in [0.29, 0.717) is 33.5 Å². The molecule has 5 saturated carbocycles. The molecular weight excluding hydrogens is 472 g/mol. The molecule has 38 heavy (non-hydrogen) atoms. The summed E-state index contributed by atoms with van der Waals surface area (Å²) >= 11 is 0. The predicted molar refractivity (Wildman–Crippen MR) is 151 cm³/mol. The molecule has 5 aliphatic rings. The predicted octanol–water partition coefficient (Wildman–Crippen LogP) is 8.28. The Morgan fingerprint density at radius 2 is 1.47 bits per heavy atom. The minimum Gasteiger partial charge on any atom is -0.462 e. The van der Waals surface area contributed by atoms with Gasteiger partial charge in [-0.3, -0.25) is 9.59 Å². The van der Waals surface area contributed by atoms with Crippen LogP contribution in [0.1, 0.15) is 126 Å². The van der Waals surface area contributed by atoms with Crippen LogP contribution in [0.25, 0.3) is 0 Å². The van der Waals surface area contributed by atoms with Gasteiger partial charge >= 0.3 is 11.9 Å². The summed E-state index contributed by atoms with van der Waals surface area (Å²) in [4.78, 5) is 23.5. The maximum atomic E-state index is 11.9. The fourth-order valence-corrected chi connectivity index (χ4v) is 11.9. The van der Waals surface area contributed by atoms with Gasteiger partial charge in [-0.2, -0.15) is 0 Å². The van der Waals surface area contributed by atoms with E-state index in [0.717, 1.165) is 36.7 Å². The van der Waals surface area contributed by atoms with Gasteiger partial charge in [0.25, 0.3) is 0 Å². The Morgan fingerprint density at radius 1 is 0.816 bits per heavy atom. The number of esters is 2. The first-order valence-corrected chi connectivity index (χ1v) is 15.6. The van der Waals surface area contributed by atoms with Crippen LogP contribution in [0.5, 0.6) is 0 Å². The van der Waals surface area contributed by atoms with E-state index >= 15 is 0 Å². The number of hydrogen-bond donors (Lipinski definition) is 0. The van der Waals surface area contributed by atoms with Crippen LogP contribution >= 0.6 is 0 Å². The number of fused-ring (bicyclic) bond motifs is 2. The largest absolute Gasteiger partial charge is 0.462 e. The fourth-order valence-electron chi connectivity index (χ4n) is 11.9. The molecule has 4 heteroatoms. The smallest absolute Gasteiger partial charge is 0.303 e. The molecule has 0 aromatic rings. The molecule has 0 saturated heterocycles. The average Bonchev–Trinajstić information content (AvgIpc) is 3.40. The monoisotopic (exact) mass is 526 g/mol. The van der Waals surface area contributed by atoms with Gasteiger partial charge in [0.1, 0.15) is 12.2 Å². The minimum absolute atomic E-state index is 0.0640. The fraction of sp³-hybridized carbons (Fsp3) is 0.882. The van der Waals surface area contributed by atoms with Crippen LogP contribution in [0.4, 0.5) is 0 Å². The highest BCUT2D eigenvalue weighted by Gasteiger charge is 2.82. The standard InChI is InChI=1S/C34H54O4/c1-21(2)26(37-23(4)35)11-10-22(3)25-14-16-32(9)28-13-12-27-30(6,7)29(38-24(5)36)15-17-33(27)20-34(28,33)19-18-31(25,32)8/h22,25-29H,1,10-20H2,2-9H3/t22-,25-,26+,27+,28+,29+,31-,32+,33-,34+/m1/s1. The third-order valence-corrected chi connectivity index (χ3v) is 13.9. The number of carbonyl (C=O) groups excluding carboxylic acids is 2. The van der Waals surface area contributed by atoms with Crippen LogP contribution in [0.2, 0.25) is 0 Å².